The maximum atomic E-state index is 14.8. The van der Waals surface area contributed by atoms with Gasteiger partial charge in [-0.15, -0.1) is 11.8 Å². The van der Waals surface area contributed by atoms with Gasteiger partial charge in [-0.2, -0.15) is 0 Å². The normalized spacial score (nSPS) is 12.9. The first-order chi connectivity index (χ1) is 25.4. The zero-order valence-corrected chi connectivity index (χ0v) is 30.2. The molecule has 6 aromatic rings. The standard InChI is InChI=1S/C46H44N2O3S/c1-34(2)42(44(50)51)47-43(49)41(48-45(35-21-9-3-10-22-35,36-23-11-4-12-24-36)37-25-13-5-14-26-37)33-52-46(38-27-15-6-16-28-38,39-29-17-7-18-30-39)40-31-19-8-20-32-40/h3-32,34,41-42,48H,33H2,1-2H3,(H,47,49)(H,50,51)/t41-,42+/m0/s1. The van der Waals surface area contributed by atoms with E-state index in [4.69, 9.17) is 0 Å². The number of amides is 1. The van der Waals surface area contributed by atoms with Crippen LogP contribution in [0.4, 0.5) is 0 Å². The topological polar surface area (TPSA) is 78.4 Å². The van der Waals surface area contributed by atoms with Crippen molar-refractivity contribution in [1.82, 2.24) is 10.6 Å². The molecule has 0 aromatic heterocycles. The van der Waals surface area contributed by atoms with Gasteiger partial charge in [-0.25, -0.2) is 4.79 Å². The summed E-state index contributed by atoms with van der Waals surface area (Å²) in [6.07, 6.45) is 0. The maximum absolute atomic E-state index is 14.8. The molecule has 6 aromatic carbocycles. The highest BCUT2D eigenvalue weighted by Crippen LogP contribution is 2.49. The molecule has 52 heavy (non-hydrogen) atoms. The summed E-state index contributed by atoms with van der Waals surface area (Å²) in [7, 11) is 0. The Morgan fingerprint density at radius 3 is 1.13 bits per heavy atom. The summed E-state index contributed by atoms with van der Waals surface area (Å²) in [5.41, 5.74) is 5.10. The van der Waals surface area contributed by atoms with Gasteiger partial charge < -0.3 is 10.4 Å². The molecule has 0 saturated heterocycles. The lowest BCUT2D eigenvalue weighted by Gasteiger charge is -2.41. The SMILES string of the molecule is CC(C)[C@@H](NC(=O)[C@H](CSC(c1ccccc1)(c1ccccc1)c1ccccc1)NC(c1ccccc1)(c1ccccc1)c1ccccc1)C(=O)O. The van der Waals surface area contributed by atoms with Crippen molar-refractivity contribution < 1.29 is 14.7 Å². The van der Waals surface area contributed by atoms with E-state index < -0.39 is 28.3 Å². The highest BCUT2D eigenvalue weighted by molar-refractivity contribution is 8.00. The molecule has 1 amide bonds. The summed E-state index contributed by atoms with van der Waals surface area (Å²) in [6.45, 7) is 3.62. The second-order valence-corrected chi connectivity index (χ2v) is 14.4. The van der Waals surface area contributed by atoms with Crippen molar-refractivity contribution in [3.8, 4) is 0 Å². The van der Waals surface area contributed by atoms with Crippen molar-refractivity contribution in [1.29, 1.82) is 0 Å². The van der Waals surface area contributed by atoms with Crippen LogP contribution >= 0.6 is 11.8 Å². The summed E-state index contributed by atoms with van der Waals surface area (Å²) in [6, 6.07) is 59.6. The average Bonchev–Trinajstić information content (AvgIpc) is 3.20. The van der Waals surface area contributed by atoms with Crippen LogP contribution in [0.3, 0.4) is 0 Å². The predicted octanol–water partition coefficient (Wildman–Crippen LogP) is 8.89. The maximum Gasteiger partial charge on any atom is 0.326 e. The van der Waals surface area contributed by atoms with Crippen LogP contribution in [-0.4, -0.2) is 34.8 Å². The minimum absolute atomic E-state index is 0.295. The number of hydrogen-bond donors (Lipinski definition) is 3. The number of carbonyl (C=O) groups excluding carboxylic acids is 1. The average molecular weight is 705 g/mol. The van der Waals surface area contributed by atoms with E-state index in [1.54, 1.807) is 11.8 Å². The fraction of sp³-hybridized carbons (Fsp3) is 0.174. The largest absolute Gasteiger partial charge is 0.480 e. The Kier molecular flexibility index (Phi) is 11.7. The van der Waals surface area contributed by atoms with Gasteiger partial charge in [0, 0.05) is 5.75 Å². The second kappa shape index (κ2) is 16.7. The number of hydrogen-bond acceptors (Lipinski definition) is 4. The summed E-state index contributed by atoms with van der Waals surface area (Å²) >= 11 is 1.66. The molecule has 0 spiro atoms. The first-order valence-corrected chi connectivity index (χ1v) is 18.6. The van der Waals surface area contributed by atoms with Gasteiger partial charge in [0.1, 0.15) is 6.04 Å². The van der Waals surface area contributed by atoms with Crippen LogP contribution in [0.15, 0.2) is 182 Å². The van der Waals surface area contributed by atoms with E-state index >= 15 is 0 Å². The molecule has 6 heteroatoms. The number of aliphatic carboxylic acids is 1. The van der Waals surface area contributed by atoms with Crippen molar-refractivity contribution in [2.45, 2.75) is 36.2 Å². The third kappa shape index (κ3) is 7.59. The molecule has 2 atom stereocenters. The lowest BCUT2D eigenvalue weighted by atomic mass is 9.76. The van der Waals surface area contributed by atoms with E-state index in [1.165, 1.54) is 0 Å². The van der Waals surface area contributed by atoms with Crippen LogP contribution in [0.25, 0.3) is 0 Å². The van der Waals surface area contributed by atoms with Gasteiger partial charge >= 0.3 is 5.97 Å². The molecular formula is C46H44N2O3S. The second-order valence-electron chi connectivity index (χ2n) is 13.2. The van der Waals surface area contributed by atoms with Crippen molar-refractivity contribution in [2.24, 2.45) is 5.92 Å². The molecule has 0 radical (unpaired) electrons. The quantitative estimate of drug-likeness (QED) is 0.0932. The smallest absolute Gasteiger partial charge is 0.326 e. The van der Waals surface area contributed by atoms with Crippen LogP contribution in [0.5, 0.6) is 0 Å². The lowest BCUT2D eigenvalue weighted by molar-refractivity contribution is -0.143. The Bertz CT molecular complexity index is 1820. The van der Waals surface area contributed by atoms with E-state index in [2.05, 4.69) is 83.4 Å². The molecule has 0 aliphatic heterocycles. The molecule has 0 fully saturated rings. The van der Waals surface area contributed by atoms with Gasteiger partial charge in [0.25, 0.3) is 0 Å². The molecule has 6 rings (SSSR count). The molecular weight excluding hydrogens is 661 g/mol. The van der Waals surface area contributed by atoms with Crippen LogP contribution in [0, 0.1) is 5.92 Å². The minimum Gasteiger partial charge on any atom is -0.480 e. The number of carbonyl (C=O) groups is 2. The van der Waals surface area contributed by atoms with E-state index in [0.29, 0.717) is 5.75 Å². The molecule has 5 nitrogen and oxygen atoms in total. The van der Waals surface area contributed by atoms with E-state index in [0.717, 1.165) is 33.4 Å². The molecule has 0 bridgehead atoms. The van der Waals surface area contributed by atoms with Gasteiger partial charge in [0.2, 0.25) is 5.91 Å². The third-order valence-electron chi connectivity index (χ3n) is 9.57. The van der Waals surface area contributed by atoms with Crippen LogP contribution in [0.2, 0.25) is 0 Å². The number of rotatable bonds is 15. The zero-order valence-electron chi connectivity index (χ0n) is 29.4. The third-order valence-corrected chi connectivity index (χ3v) is 11.2. The summed E-state index contributed by atoms with van der Waals surface area (Å²) in [4.78, 5) is 27.3. The molecule has 0 saturated carbocycles. The first-order valence-electron chi connectivity index (χ1n) is 17.6. The summed E-state index contributed by atoms with van der Waals surface area (Å²) in [5, 5.41) is 17.0. The zero-order chi connectivity index (χ0) is 36.4. The molecule has 0 aliphatic carbocycles. The van der Waals surface area contributed by atoms with Crippen molar-refractivity contribution in [3.05, 3.63) is 215 Å². The van der Waals surface area contributed by atoms with Gasteiger partial charge in [-0.1, -0.05) is 196 Å². The summed E-state index contributed by atoms with van der Waals surface area (Å²) in [5.74, 6) is -1.48. The van der Waals surface area contributed by atoms with Gasteiger partial charge in [0.15, 0.2) is 0 Å². The number of carboxylic acid groups (broad SMARTS) is 1. The monoisotopic (exact) mass is 704 g/mol. The Morgan fingerprint density at radius 1 is 0.538 bits per heavy atom. The number of nitrogens with one attached hydrogen (secondary N) is 2. The number of carboxylic acids is 1. The Labute approximate surface area is 311 Å². The van der Waals surface area contributed by atoms with E-state index in [1.807, 2.05) is 123 Å². The van der Waals surface area contributed by atoms with Gasteiger partial charge in [0.05, 0.1) is 16.3 Å². The Balaban J connectivity index is 1.55. The summed E-state index contributed by atoms with van der Waals surface area (Å²) < 4.78 is -0.705. The van der Waals surface area contributed by atoms with Crippen molar-refractivity contribution >= 4 is 23.6 Å². The van der Waals surface area contributed by atoms with Crippen LogP contribution < -0.4 is 10.6 Å². The van der Waals surface area contributed by atoms with Crippen molar-refractivity contribution in [3.63, 3.8) is 0 Å². The first kappa shape index (κ1) is 36.4. The molecule has 3 N–H and O–H groups in total. The highest BCUT2D eigenvalue weighted by atomic mass is 32.2. The van der Waals surface area contributed by atoms with Crippen molar-refractivity contribution in [2.75, 3.05) is 5.75 Å². The van der Waals surface area contributed by atoms with E-state index in [-0.39, 0.29) is 11.8 Å². The van der Waals surface area contributed by atoms with Gasteiger partial charge in [-0.3, -0.25) is 10.1 Å². The molecule has 0 aliphatic rings. The van der Waals surface area contributed by atoms with Crippen LogP contribution in [-0.2, 0) is 19.9 Å². The number of thioether (sulfide) groups is 1. The highest BCUT2D eigenvalue weighted by Gasteiger charge is 2.43. The molecule has 262 valence electrons. The Morgan fingerprint density at radius 2 is 0.846 bits per heavy atom. The Hall–Kier alpha value is -5.43. The van der Waals surface area contributed by atoms with E-state index in [9.17, 15) is 14.7 Å². The van der Waals surface area contributed by atoms with Crippen LogP contribution in [0.1, 0.15) is 47.2 Å². The number of benzene rings is 6. The minimum atomic E-state index is -1.07. The molecule has 0 unspecified atom stereocenters. The predicted molar refractivity (Wildman–Crippen MR) is 212 cm³/mol. The lowest BCUT2D eigenvalue weighted by Crippen LogP contribution is -2.59. The fourth-order valence-electron chi connectivity index (χ4n) is 7.00. The van der Waals surface area contributed by atoms with Gasteiger partial charge in [-0.05, 0) is 39.3 Å². The molecule has 0 heterocycles. The fourth-order valence-corrected chi connectivity index (χ4v) is 8.56.